The van der Waals surface area contributed by atoms with E-state index in [1.165, 1.54) is 29.7 Å². The minimum atomic E-state index is -0.747. The molecule has 3 aromatic rings. The molecule has 0 fully saturated rings. The second kappa shape index (κ2) is 8.82. The predicted octanol–water partition coefficient (Wildman–Crippen LogP) is 2.03. The van der Waals surface area contributed by atoms with Gasteiger partial charge in [0.05, 0.1) is 13.4 Å². The fourth-order valence-corrected chi connectivity index (χ4v) is 2.87. The third kappa shape index (κ3) is 4.74. The lowest BCUT2D eigenvalue weighted by Gasteiger charge is -2.06. The van der Waals surface area contributed by atoms with Crippen molar-refractivity contribution in [1.29, 1.82) is 0 Å². The number of esters is 1. The molecule has 0 radical (unpaired) electrons. The van der Waals surface area contributed by atoms with E-state index in [-0.39, 0.29) is 11.5 Å². The average molecular weight is 401 g/mol. The Labute approximate surface area is 163 Å². The number of benzene rings is 1. The molecule has 2 amide bonds. The first-order chi connectivity index (χ1) is 13.6. The molecular formula is C18H15N3O6S. The highest BCUT2D eigenvalue weighted by Crippen LogP contribution is 2.25. The first kappa shape index (κ1) is 19.1. The second-order valence-corrected chi connectivity index (χ2v) is 6.18. The SMILES string of the molecule is COc1ccc(-c2nc(C(=O)OCC(=O)NNC(=O)c3ccco3)cs2)cc1. The topological polar surface area (TPSA) is 120 Å². The Bertz CT molecular complexity index is 966. The van der Waals surface area contributed by atoms with Crippen molar-refractivity contribution < 1.29 is 28.3 Å². The Kier molecular flexibility index (Phi) is 6.02. The summed E-state index contributed by atoms with van der Waals surface area (Å²) < 4.78 is 14.9. The maximum absolute atomic E-state index is 12.0. The Balaban J connectivity index is 1.48. The summed E-state index contributed by atoms with van der Waals surface area (Å²) >= 11 is 1.27. The van der Waals surface area contributed by atoms with Gasteiger partial charge in [0.1, 0.15) is 10.8 Å². The molecule has 10 heteroatoms. The fourth-order valence-electron chi connectivity index (χ4n) is 2.07. The summed E-state index contributed by atoms with van der Waals surface area (Å²) in [7, 11) is 1.57. The number of nitrogens with zero attached hydrogens (tertiary/aromatic N) is 1. The highest BCUT2D eigenvalue weighted by atomic mass is 32.1. The number of nitrogens with one attached hydrogen (secondary N) is 2. The number of methoxy groups -OCH3 is 1. The maximum Gasteiger partial charge on any atom is 0.358 e. The number of carbonyl (C=O) groups is 3. The van der Waals surface area contributed by atoms with Crippen molar-refractivity contribution in [3.8, 4) is 16.3 Å². The molecule has 2 aromatic heterocycles. The lowest BCUT2D eigenvalue weighted by Crippen LogP contribution is -2.43. The van der Waals surface area contributed by atoms with Crippen molar-refractivity contribution in [2.75, 3.05) is 13.7 Å². The molecule has 0 spiro atoms. The van der Waals surface area contributed by atoms with E-state index >= 15 is 0 Å². The number of hydrogen-bond acceptors (Lipinski definition) is 8. The van der Waals surface area contributed by atoms with Gasteiger partial charge in [-0.3, -0.25) is 20.4 Å². The van der Waals surface area contributed by atoms with Crippen molar-refractivity contribution in [2.24, 2.45) is 0 Å². The summed E-state index contributed by atoms with van der Waals surface area (Å²) in [6.45, 7) is -0.577. The third-order valence-electron chi connectivity index (χ3n) is 3.45. The highest BCUT2D eigenvalue weighted by Gasteiger charge is 2.16. The number of carbonyl (C=O) groups excluding carboxylic acids is 3. The molecule has 0 aliphatic rings. The van der Waals surface area contributed by atoms with E-state index in [1.807, 2.05) is 12.1 Å². The van der Waals surface area contributed by atoms with Gasteiger partial charge in [-0.05, 0) is 36.4 Å². The van der Waals surface area contributed by atoms with E-state index in [4.69, 9.17) is 13.9 Å². The van der Waals surface area contributed by atoms with Gasteiger partial charge in [-0.1, -0.05) is 0 Å². The van der Waals surface area contributed by atoms with E-state index in [9.17, 15) is 14.4 Å². The average Bonchev–Trinajstić information content (AvgIpc) is 3.42. The van der Waals surface area contributed by atoms with E-state index in [1.54, 1.807) is 24.6 Å². The van der Waals surface area contributed by atoms with Crippen LogP contribution in [0.5, 0.6) is 5.75 Å². The Morgan fingerprint density at radius 1 is 1.14 bits per heavy atom. The molecule has 0 aliphatic carbocycles. The standard InChI is InChI=1S/C18H15N3O6S/c1-25-12-6-4-11(5-7-12)17-19-13(10-28-17)18(24)27-9-15(22)20-21-16(23)14-3-2-8-26-14/h2-8,10H,9H2,1H3,(H,20,22)(H,21,23). The quantitative estimate of drug-likeness (QED) is 0.479. The van der Waals surface area contributed by atoms with Gasteiger partial charge < -0.3 is 13.9 Å². The zero-order valence-electron chi connectivity index (χ0n) is 14.6. The van der Waals surface area contributed by atoms with E-state index in [0.717, 1.165) is 5.56 Å². The zero-order chi connectivity index (χ0) is 19.9. The van der Waals surface area contributed by atoms with Crippen molar-refractivity contribution in [1.82, 2.24) is 15.8 Å². The number of ether oxygens (including phenoxy) is 2. The summed E-state index contributed by atoms with van der Waals surface area (Å²) in [4.78, 5) is 39.5. The van der Waals surface area contributed by atoms with Gasteiger partial charge in [-0.2, -0.15) is 0 Å². The van der Waals surface area contributed by atoms with E-state index in [0.29, 0.717) is 10.8 Å². The van der Waals surface area contributed by atoms with Crippen LogP contribution in [0.25, 0.3) is 10.6 Å². The zero-order valence-corrected chi connectivity index (χ0v) is 15.4. The summed E-state index contributed by atoms with van der Waals surface area (Å²) in [5.74, 6) is -1.34. The van der Waals surface area contributed by atoms with Gasteiger partial charge in [0.15, 0.2) is 18.1 Å². The molecule has 28 heavy (non-hydrogen) atoms. The molecule has 144 valence electrons. The number of rotatable bonds is 6. The van der Waals surface area contributed by atoms with Crippen molar-refractivity contribution in [2.45, 2.75) is 0 Å². The van der Waals surface area contributed by atoms with E-state index in [2.05, 4.69) is 15.8 Å². The molecule has 0 aliphatic heterocycles. The summed E-state index contributed by atoms with van der Waals surface area (Å²) in [6, 6.07) is 10.2. The normalized spacial score (nSPS) is 10.2. The number of furan rings is 1. The van der Waals surface area contributed by atoms with Gasteiger partial charge in [-0.25, -0.2) is 9.78 Å². The van der Waals surface area contributed by atoms with Crippen LogP contribution in [0.2, 0.25) is 0 Å². The van der Waals surface area contributed by atoms with Crippen molar-refractivity contribution >= 4 is 29.1 Å². The molecule has 0 atom stereocenters. The van der Waals surface area contributed by atoms with Crippen LogP contribution in [0.3, 0.4) is 0 Å². The fraction of sp³-hybridized carbons (Fsp3) is 0.111. The molecule has 2 heterocycles. The highest BCUT2D eigenvalue weighted by molar-refractivity contribution is 7.13. The lowest BCUT2D eigenvalue weighted by molar-refractivity contribution is -0.125. The Morgan fingerprint density at radius 2 is 1.93 bits per heavy atom. The molecular weight excluding hydrogens is 386 g/mol. The Hall–Kier alpha value is -3.66. The van der Waals surface area contributed by atoms with Gasteiger partial charge in [0.25, 0.3) is 5.91 Å². The van der Waals surface area contributed by atoms with Gasteiger partial charge in [0, 0.05) is 10.9 Å². The van der Waals surface area contributed by atoms with Crippen molar-refractivity contribution in [3.63, 3.8) is 0 Å². The molecule has 1 aromatic carbocycles. The lowest BCUT2D eigenvalue weighted by atomic mass is 10.2. The number of hydrogen-bond donors (Lipinski definition) is 2. The minimum absolute atomic E-state index is 0.0332. The monoisotopic (exact) mass is 401 g/mol. The van der Waals surface area contributed by atoms with Crippen LogP contribution in [0.15, 0.2) is 52.5 Å². The van der Waals surface area contributed by atoms with Crippen LogP contribution in [0, 0.1) is 0 Å². The van der Waals surface area contributed by atoms with Crippen LogP contribution >= 0.6 is 11.3 Å². The van der Waals surface area contributed by atoms with Crippen LogP contribution in [0.1, 0.15) is 21.0 Å². The number of thiazole rings is 1. The van der Waals surface area contributed by atoms with Gasteiger partial charge >= 0.3 is 11.9 Å². The Morgan fingerprint density at radius 3 is 2.61 bits per heavy atom. The number of aromatic nitrogens is 1. The first-order valence-corrected chi connectivity index (χ1v) is 8.84. The molecule has 0 saturated heterocycles. The van der Waals surface area contributed by atoms with Crippen molar-refractivity contribution in [3.05, 3.63) is 59.5 Å². The molecule has 0 saturated carbocycles. The van der Waals surface area contributed by atoms with Crippen LogP contribution in [-0.4, -0.2) is 36.5 Å². The van der Waals surface area contributed by atoms with E-state index < -0.39 is 24.4 Å². The molecule has 3 rings (SSSR count). The van der Waals surface area contributed by atoms with Crippen LogP contribution in [0.4, 0.5) is 0 Å². The molecule has 2 N–H and O–H groups in total. The van der Waals surface area contributed by atoms with Gasteiger partial charge in [-0.15, -0.1) is 11.3 Å². The second-order valence-electron chi connectivity index (χ2n) is 5.32. The van der Waals surface area contributed by atoms with Gasteiger partial charge in [0.2, 0.25) is 0 Å². The maximum atomic E-state index is 12.0. The van der Waals surface area contributed by atoms with Crippen LogP contribution < -0.4 is 15.6 Å². The third-order valence-corrected chi connectivity index (χ3v) is 4.34. The summed E-state index contributed by atoms with van der Waals surface area (Å²) in [5.41, 5.74) is 5.16. The molecule has 0 unspecified atom stereocenters. The predicted molar refractivity (Wildman–Crippen MR) is 98.7 cm³/mol. The molecule has 0 bridgehead atoms. The summed E-state index contributed by atoms with van der Waals surface area (Å²) in [5, 5.41) is 2.17. The smallest absolute Gasteiger partial charge is 0.358 e. The first-order valence-electron chi connectivity index (χ1n) is 7.96. The number of amides is 2. The molecule has 9 nitrogen and oxygen atoms in total. The minimum Gasteiger partial charge on any atom is -0.497 e. The largest absolute Gasteiger partial charge is 0.497 e. The number of hydrazine groups is 1. The summed E-state index contributed by atoms with van der Waals surface area (Å²) in [6.07, 6.45) is 1.33. The van der Waals surface area contributed by atoms with Crippen LogP contribution in [-0.2, 0) is 9.53 Å².